The third-order valence-electron chi connectivity index (χ3n) is 2.59. The minimum absolute atomic E-state index is 0.458. The van der Waals surface area contributed by atoms with Gasteiger partial charge in [-0.15, -0.1) is 0 Å². The van der Waals surface area contributed by atoms with Crippen LogP contribution in [0.1, 0.15) is 19.4 Å². The summed E-state index contributed by atoms with van der Waals surface area (Å²) in [7, 11) is -4.20. The van der Waals surface area contributed by atoms with Gasteiger partial charge in [-0.05, 0) is 30.5 Å². The lowest BCUT2D eigenvalue weighted by atomic mass is 10.1. The number of carboxylic acids is 1. The summed E-state index contributed by atoms with van der Waals surface area (Å²) in [4.78, 5) is 10.4. The van der Waals surface area contributed by atoms with Crippen molar-refractivity contribution >= 4 is 16.0 Å². The Balaban J connectivity index is 3.14. The summed E-state index contributed by atoms with van der Waals surface area (Å²) in [5.41, 5.74) is 0.579. The van der Waals surface area contributed by atoms with Gasteiger partial charge in [-0.2, -0.15) is 4.72 Å². The first-order valence-electron chi connectivity index (χ1n) is 5.66. The number of aliphatic carboxylic acids is 1. The molecule has 1 atom stereocenters. The van der Waals surface area contributed by atoms with Gasteiger partial charge < -0.3 is 5.11 Å². The van der Waals surface area contributed by atoms with Crippen LogP contribution in [0.3, 0.4) is 0 Å². The molecule has 1 aromatic carbocycles. The molecule has 1 rings (SSSR count). The van der Waals surface area contributed by atoms with Crippen molar-refractivity contribution in [2.75, 3.05) is 0 Å². The van der Waals surface area contributed by atoms with E-state index in [0.717, 1.165) is 12.1 Å². The predicted octanol–water partition coefficient (Wildman–Crippen LogP) is 1.52. The molecule has 0 heterocycles. The molecule has 5 nitrogen and oxygen atoms in total. The molecule has 0 saturated heterocycles. The Kier molecular flexibility index (Phi) is 4.65. The molecule has 0 amide bonds. The Labute approximate surface area is 111 Å². The molecule has 0 saturated carbocycles. The van der Waals surface area contributed by atoms with Crippen molar-refractivity contribution < 1.29 is 22.7 Å². The number of hydrogen-bond donors (Lipinski definition) is 2. The van der Waals surface area contributed by atoms with Crippen LogP contribution >= 0.6 is 0 Å². The third-order valence-corrected chi connectivity index (χ3v) is 4.07. The Morgan fingerprint density at radius 1 is 1.37 bits per heavy atom. The molecule has 106 valence electrons. The predicted molar refractivity (Wildman–Crippen MR) is 67.7 cm³/mol. The number of carbonyl (C=O) groups is 1. The van der Waals surface area contributed by atoms with Gasteiger partial charge in [0.25, 0.3) is 0 Å². The van der Waals surface area contributed by atoms with E-state index in [1.807, 2.05) is 4.72 Å². The van der Waals surface area contributed by atoms with Crippen LogP contribution < -0.4 is 4.72 Å². The van der Waals surface area contributed by atoms with Gasteiger partial charge in [0.2, 0.25) is 10.0 Å². The Morgan fingerprint density at radius 2 is 1.95 bits per heavy atom. The largest absolute Gasteiger partial charge is 0.480 e. The molecule has 0 radical (unpaired) electrons. The highest BCUT2D eigenvalue weighted by atomic mass is 32.2. The molecule has 1 aromatic rings. The van der Waals surface area contributed by atoms with Crippen molar-refractivity contribution in [3.8, 4) is 0 Å². The van der Waals surface area contributed by atoms with Crippen molar-refractivity contribution in [2.24, 2.45) is 5.92 Å². The van der Waals surface area contributed by atoms with Gasteiger partial charge in [0.15, 0.2) is 0 Å². The molecule has 19 heavy (non-hydrogen) atoms. The number of sulfonamides is 1. The fourth-order valence-electron chi connectivity index (χ4n) is 1.53. The number of aryl methyl sites for hydroxylation is 1. The molecule has 2 N–H and O–H groups in total. The van der Waals surface area contributed by atoms with Crippen LogP contribution in [0.2, 0.25) is 0 Å². The average Bonchev–Trinajstić information content (AvgIpc) is 2.24. The van der Waals surface area contributed by atoms with Gasteiger partial charge in [0, 0.05) is 0 Å². The van der Waals surface area contributed by atoms with Crippen molar-refractivity contribution in [3.05, 3.63) is 29.6 Å². The SMILES string of the molecule is Cc1ccc(S(=O)(=O)N[C@H](C(=O)O)C(C)C)c(F)c1. The van der Waals surface area contributed by atoms with E-state index in [9.17, 15) is 17.6 Å². The number of hydrogen-bond acceptors (Lipinski definition) is 3. The van der Waals surface area contributed by atoms with E-state index in [1.165, 1.54) is 6.07 Å². The highest BCUT2D eigenvalue weighted by molar-refractivity contribution is 7.89. The van der Waals surface area contributed by atoms with Crippen molar-refractivity contribution in [1.29, 1.82) is 0 Å². The highest BCUT2D eigenvalue weighted by Gasteiger charge is 2.29. The standard InChI is InChI=1S/C12H16FNO4S/c1-7(2)11(12(15)16)14-19(17,18)10-5-4-8(3)6-9(10)13/h4-7,11,14H,1-3H3,(H,15,16)/t11-/m0/s1. The van der Waals surface area contributed by atoms with E-state index in [-0.39, 0.29) is 0 Å². The molecule has 0 bridgehead atoms. The summed E-state index contributed by atoms with van der Waals surface area (Å²) < 4.78 is 39.6. The minimum Gasteiger partial charge on any atom is -0.480 e. The zero-order valence-corrected chi connectivity index (χ0v) is 11.7. The van der Waals surface area contributed by atoms with Crippen LogP contribution in [0.15, 0.2) is 23.1 Å². The van der Waals surface area contributed by atoms with Crippen LogP contribution in [0, 0.1) is 18.7 Å². The molecule has 0 unspecified atom stereocenters. The van der Waals surface area contributed by atoms with E-state index in [2.05, 4.69) is 0 Å². The fraction of sp³-hybridized carbons (Fsp3) is 0.417. The number of rotatable bonds is 5. The first kappa shape index (κ1) is 15.6. The Bertz CT molecular complexity index is 583. The Hall–Kier alpha value is -1.47. The number of benzene rings is 1. The number of nitrogens with one attached hydrogen (secondary N) is 1. The third kappa shape index (κ3) is 3.74. The van der Waals surface area contributed by atoms with E-state index >= 15 is 0 Å². The molecule has 7 heteroatoms. The number of carboxylic acid groups (broad SMARTS) is 1. The second-order valence-corrected chi connectivity index (χ2v) is 6.30. The average molecular weight is 289 g/mol. The van der Waals surface area contributed by atoms with Gasteiger partial charge in [0.05, 0.1) is 0 Å². The summed E-state index contributed by atoms with van der Waals surface area (Å²) in [5, 5.41) is 8.95. The highest BCUT2D eigenvalue weighted by Crippen LogP contribution is 2.17. The van der Waals surface area contributed by atoms with Gasteiger partial charge in [-0.25, -0.2) is 12.8 Å². The molecule has 0 spiro atoms. The van der Waals surface area contributed by atoms with Gasteiger partial charge in [-0.1, -0.05) is 19.9 Å². The molecular formula is C12H16FNO4S. The number of halogens is 1. The Morgan fingerprint density at radius 3 is 2.37 bits per heavy atom. The molecular weight excluding hydrogens is 273 g/mol. The second-order valence-electron chi connectivity index (χ2n) is 4.62. The van der Waals surface area contributed by atoms with Crippen LogP contribution in [-0.2, 0) is 14.8 Å². The van der Waals surface area contributed by atoms with Crippen molar-refractivity contribution in [3.63, 3.8) is 0 Å². The van der Waals surface area contributed by atoms with Crippen LogP contribution in [0.5, 0.6) is 0 Å². The van der Waals surface area contributed by atoms with Crippen LogP contribution in [0.25, 0.3) is 0 Å². The molecule has 0 aliphatic rings. The van der Waals surface area contributed by atoms with E-state index in [1.54, 1.807) is 20.8 Å². The van der Waals surface area contributed by atoms with Crippen LogP contribution in [-0.4, -0.2) is 25.5 Å². The normalized spacial score (nSPS) is 13.5. The zero-order chi connectivity index (χ0) is 14.8. The first-order chi connectivity index (χ1) is 8.65. The topological polar surface area (TPSA) is 83.5 Å². The lowest BCUT2D eigenvalue weighted by molar-refractivity contribution is -0.140. The summed E-state index contributed by atoms with van der Waals surface area (Å²) in [6.07, 6.45) is 0. The van der Waals surface area contributed by atoms with Crippen molar-refractivity contribution in [1.82, 2.24) is 4.72 Å². The van der Waals surface area contributed by atoms with Crippen LogP contribution in [0.4, 0.5) is 4.39 Å². The maximum absolute atomic E-state index is 13.6. The molecule has 0 aliphatic heterocycles. The second kappa shape index (κ2) is 5.66. The minimum atomic E-state index is -4.20. The van der Waals surface area contributed by atoms with Gasteiger partial charge >= 0.3 is 5.97 Å². The fourth-order valence-corrected chi connectivity index (χ4v) is 2.92. The smallest absolute Gasteiger partial charge is 0.322 e. The van der Waals surface area contributed by atoms with E-state index in [4.69, 9.17) is 5.11 Å². The maximum Gasteiger partial charge on any atom is 0.322 e. The summed E-state index contributed by atoms with van der Waals surface area (Å²) in [6, 6.07) is 2.35. The van der Waals surface area contributed by atoms with E-state index in [0.29, 0.717) is 5.56 Å². The van der Waals surface area contributed by atoms with E-state index < -0.39 is 38.7 Å². The molecule has 0 aromatic heterocycles. The van der Waals surface area contributed by atoms with Gasteiger partial charge in [0.1, 0.15) is 16.8 Å². The van der Waals surface area contributed by atoms with Crippen molar-refractivity contribution in [2.45, 2.75) is 31.7 Å². The monoisotopic (exact) mass is 289 g/mol. The maximum atomic E-state index is 13.6. The summed E-state index contributed by atoms with van der Waals surface area (Å²) in [6.45, 7) is 4.75. The summed E-state index contributed by atoms with van der Waals surface area (Å²) in [5.74, 6) is -2.66. The zero-order valence-electron chi connectivity index (χ0n) is 10.8. The first-order valence-corrected chi connectivity index (χ1v) is 7.14. The quantitative estimate of drug-likeness (QED) is 0.861. The molecule has 0 aliphatic carbocycles. The van der Waals surface area contributed by atoms with Gasteiger partial charge in [-0.3, -0.25) is 4.79 Å². The molecule has 0 fully saturated rings. The lowest BCUT2D eigenvalue weighted by Gasteiger charge is -2.18. The summed E-state index contributed by atoms with van der Waals surface area (Å²) >= 11 is 0. The lowest BCUT2D eigenvalue weighted by Crippen LogP contribution is -2.44.